The van der Waals surface area contributed by atoms with Crippen molar-refractivity contribution >= 4 is 31.2 Å². The third-order valence-electron chi connectivity index (χ3n) is 4.68. The second-order valence-electron chi connectivity index (χ2n) is 6.17. The number of hydrogen-bond acceptors (Lipinski definition) is 0. The van der Waals surface area contributed by atoms with Crippen LogP contribution < -0.4 is 10.6 Å². The average molecular weight is 437 g/mol. The second kappa shape index (κ2) is 6.33. The SMILES string of the molecule is FC1(F)CCCC(F)(P(=[Se])(c2ccccc2)c2ccccc2)C1(F)F. The van der Waals surface area contributed by atoms with E-state index in [9.17, 15) is 17.6 Å². The van der Waals surface area contributed by atoms with Crippen LogP contribution in [0.3, 0.4) is 0 Å². The molecule has 7 heteroatoms. The molecule has 0 N–H and O–H groups in total. The van der Waals surface area contributed by atoms with E-state index in [0.717, 1.165) is 0 Å². The summed E-state index contributed by atoms with van der Waals surface area (Å²) in [5, 5.41) is -2.74. The molecule has 134 valence electrons. The van der Waals surface area contributed by atoms with E-state index in [0.29, 0.717) is 10.6 Å². The van der Waals surface area contributed by atoms with Crippen molar-refractivity contribution in [2.45, 2.75) is 36.5 Å². The van der Waals surface area contributed by atoms with Gasteiger partial charge in [-0.15, -0.1) is 0 Å². The van der Waals surface area contributed by atoms with Gasteiger partial charge in [0.2, 0.25) is 0 Å². The van der Waals surface area contributed by atoms with Crippen LogP contribution in [0.2, 0.25) is 0 Å². The summed E-state index contributed by atoms with van der Waals surface area (Å²) in [5.41, 5.74) is -3.58. The molecular formula is C18H16F5PSe. The summed E-state index contributed by atoms with van der Waals surface area (Å²) in [6.45, 7) is 0. The first-order valence-corrected chi connectivity index (χ1v) is 11.8. The first-order chi connectivity index (χ1) is 11.7. The molecule has 0 radical (unpaired) electrons. The molecular weight excluding hydrogens is 421 g/mol. The zero-order chi connectivity index (χ0) is 18.3. The molecule has 1 saturated carbocycles. The number of benzene rings is 2. The van der Waals surface area contributed by atoms with Crippen molar-refractivity contribution in [1.29, 1.82) is 0 Å². The van der Waals surface area contributed by atoms with Crippen LogP contribution in [0.1, 0.15) is 19.3 Å². The number of rotatable bonds is 3. The van der Waals surface area contributed by atoms with E-state index in [1.807, 2.05) is 0 Å². The third-order valence-corrected chi connectivity index (χ3v) is 12.7. The molecule has 1 aliphatic carbocycles. The number of hydrogen-bond donors (Lipinski definition) is 0. The van der Waals surface area contributed by atoms with Gasteiger partial charge in [0.05, 0.1) is 0 Å². The van der Waals surface area contributed by atoms with Gasteiger partial charge in [0.1, 0.15) is 0 Å². The van der Waals surface area contributed by atoms with Crippen LogP contribution in [0.25, 0.3) is 0 Å². The second-order valence-corrected chi connectivity index (χ2v) is 12.6. The van der Waals surface area contributed by atoms with Crippen molar-refractivity contribution in [2.75, 3.05) is 0 Å². The fourth-order valence-electron chi connectivity index (χ4n) is 3.33. The van der Waals surface area contributed by atoms with Gasteiger partial charge in [-0.05, 0) is 0 Å². The Bertz CT molecular complexity index is 750. The minimum absolute atomic E-state index is 0.289. The fourth-order valence-corrected chi connectivity index (χ4v) is 9.49. The van der Waals surface area contributed by atoms with Crippen molar-refractivity contribution in [2.24, 2.45) is 0 Å². The van der Waals surface area contributed by atoms with Crippen molar-refractivity contribution in [1.82, 2.24) is 0 Å². The van der Waals surface area contributed by atoms with Gasteiger partial charge in [0.25, 0.3) is 0 Å². The Hall–Kier alpha value is -0.961. The van der Waals surface area contributed by atoms with Crippen LogP contribution in [0, 0.1) is 0 Å². The number of alkyl halides is 5. The Kier molecular flexibility index (Phi) is 4.77. The summed E-state index contributed by atoms with van der Waals surface area (Å²) in [7, 11) is 0. The predicted molar refractivity (Wildman–Crippen MR) is 92.4 cm³/mol. The van der Waals surface area contributed by atoms with E-state index < -0.39 is 35.6 Å². The molecule has 0 spiro atoms. The van der Waals surface area contributed by atoms with Gasteiger partial charge in [0.15, 0.2) is 0 Å². The van der Waals surface area contributed by atoms with Crippen molar-refractivity contribution < 1.29 is 22.0 Å². The van der Waals surface area contributed by atoms with E-state index >= 15 is 4.39 Å². The molecule has 0 aromatic heterocycles. The molecule has 2 aromatic carbocycles. The van der Waals surface area contributed by atoms with Crippen molar-refractivity contribution in [3.05, 3.63) is 60.7 Å². The molecule has 0 saturated heterocycles. The standard InChI is InChI=1S/C18H16F5PSe/c19-16(20)12-7-13-17(21,18(16,22)23)24(25,14-8-3-1-4-9-14)15-10-5-2-6-11-15/h1-6,8-11H,7,12-13H2. The zero-order valence-electron chi connectivity index (χ0n) is 13.1. The Morgan fingerprint density at radius 3 is 1.60 bits per heavy atom. The maximum absolute atomic E-state index is 16.1. The summed E-state index contributed by atoms with van der Waals surface area (Å²) in [6, 6.07) is 15.9. The molecule has 0 aliphatic heterocycles. The molecule has 2 aromatic rings. The van der Waals surface area contributed by atoms with E-state index in [4.69, 9.17) is 0 Å². The van der Waals surface area contributed by atoms with Crippen LogP contribution in [-0.4, -0.2) is 32.4 Å². The van der Waals surface area contributed by atoms with Gasteiger partial charge in [0, 0.05) is 0 Å². The van der Waals surface area contributed by atoms with Gasteiger partial charge in [-0.25, -0.2) is 0 Å². The van der Waals surface area contributed by atoms with E-state index in [1.165, 1.54) is 24.3 Å². The van der Waals surface area contributed by atoms with Crippen molar-refractivity contribution in [3.8, 4) is 0 Å². The van der Waals surface area contributed by atoms with Gasteiger partial charge < -0.3 is 0 Å². The molecule has 1 fully saturated rings. The van der Waals surface area contributed by atoms with Gasteiger partial charge >= 0.3 is 150 Å². The minimum atomic E-state index is -4.76. The Morgan fingerprint density at radius 2 is 1.16 bits per heavy atom. The molecule has 0 bridgehead atoms. The van der Waals surface area contributed by atoms with Gasteiger partial charge in [-0.2, -0.15) is 0 Å². The van der Waals surface area contributed by atoms with Crippen LogP contribution in [0.5, 0.6) is 0 Å². The monoisotopic (exact) mass is 438 g/mol. The molecule has 1 atom stereocenters. The Balaban J connectivity index is 2.31. The van der Waals surface area contributed by atoms with Gasteiger partial charge in [-0.1, -0.05) is 0 Å². The first kappa shape index (κ1) is 18.8. The third kappa shape index (κ3) is 2.65. The fraction of sp³-hybridized carbons (Fsp3) is 0.333. The molecule has 0 nitrogen and oxygen atoms in total. The summed E-state index contributed by atoms with van der Waals surface area (Å²) in [5.74, 6) is -9.14. The molecule has 1 aliphatic rings. The topological polar surface area (TPSA) is 0 Å². The molecule has 3 rings (SSSR count). The van der Waals surface area contributed by atoms with Crippen LogP contribution in [-0.2, 0) is 0 Å². The quantitative estimate of drug-likeness (QED) is 0.366. The molecule has 0 amide bonds. The molecule has 1 unspecified atom stereocenters. The van der Waals surface area contributed by atoms with Crippen LogP contribution in [0.15, 0.2) is 60.7 Å². The summed E-state index contributed by atoms with van der Waals surface area (Å²) < 4.78 is 73.7. The maximum atomic E-state index is 16.1. The average Bonchev–Trinajstić information content (AvgIpc) is 2.60. The van der Waals surface area contributed by atoms with Gasteiger partial charge in [-0.3, -0.25) is 0 Å². The Morgan fingerprint density at radius 1 is 0.720 bits per heavy atom. The molecule has 25 heavy (non-hydrogen) atoms. The normalized spacial score (nSPS) is 25.5. The van der Waals surface area contributed by atoms with E-state index in [1.54, 1.807) is 36.4 Å². The predicted octanol–water partition coefficient (Wildman–Crippen LogP) is 4.86. The van der Waals surface area contributed by atoms with E-state index in [2.05, 4.69) is 15.1 Å². The number of halogens is 5. The van der Waals surface area contributed by atoms with Crippen LogP contribution >= 0.6 is 5.51 Å². The zero-order valence-corrected chi connectivity index (χ0v) is 15.7. The summed E-state index contributed by atoms with van der Waals surface area (Å²) in [6.07, 6.45) is -1.91. The Labute approximate surface area is 150 Å². The molecule has 0 heterocycles. The first-order valence-electron chi connectivity index (χ1n) is 7.83. The summed E-state index contributed by atoms with van der Waals surface area (Å²) >= 11 is 2.65. The van der Waals surface area contributed by atoms with E-state index in [-0.39, 0.29) is 6.42 Å². The summed E-state index contributed by atoms with van der Waals surface area (Å²) in [4.78, 5) is 0. The van der Waals surface area contributed by atoms with Crippen LogP contribution in [0.4, 0.5) is 22.0 Å². The van der Waals surface area contributed by atoms with Crippen molar-refractivity contribution in [3.63, 3.8) is 0 Å².